The first-order valence-corrected chi connectivity index (χ1v) is 11.7. The zero-order valence-electron chi connectivity index (χ0n) is 18.4. The van der Waals surface area contributed by atoms with Crippen LogP contribution in [-0.4, -0.2) is 31.0 Å². The Balaban J connectivity index is 1.49. The SMILES string of the molecule is CN(c1ccc(NC(=O)Nc2ccccc2)cc1)S(=O)(=O)c1cn(C)c(-c2ccc(F)cc2)n1. The topological polar surface area (TPSA) is 96.3 Å². The highest BCUT2D eigenvalue weighted by Crippen LogP contribution is 2.26. The van der Waals surface area contributed by atoms with E-state index in [-0.39, 0.29) is 10.8 Å². The summed E-state index contributed by atoms with van der Waals surface area (Å²) in [7, 11) is -0.864. The number of carbonyl (C=O) groups excluding carboxylic acids is 1. The molecule has 0 aliphatic carbocycles. The molecule has 8 nitrogen and oxygen atoms in total. The van der Waals surface area contributed by atoms with Crippen molar-refractivity contribution in [3.05, 3.63) is 90.9 Å². The van der Waals surface area contributed by atoms with Gasteiger partial charge in [-0.2, -0.15) is 8.42 Å². The van der Waals surface area contributed by atoms with Gasteiger partial charge in [0.15, 0.2) is 5.03 Å². The molecule has 0 aliphatic rings. The molecule has 34 heavy (non-hydrogen) atoms. The standard InChI is InChI=1S/C24H22FN5O3S/c1-29-16-22(28-23(29)17-8-10-18(25)11-9-17)34(32,33)30(2)21-14-12-20(13-15-21)27-24(31)26-19-6-4-3-5-7-19/h3-16H,1-2H3,(H2,26,27,31). The molecule has 0 saturated heterocycles. The number of hydrogen-bond donors (Lipinski definition) is 2. The minimum absolute atomic E-state index is 0.138. The minimum atomic E-state index is -3.96. The first kappa shape index (κ1) is 23.0. The second-order valence-electron chi connectivity index (χ2n) is 7.49. The molecule has 4 rings (SSSR count). The number of nitrogens with one attached hydrogen (secondary N) is 2. The number of benzene rings is 3. The van der Waals surface area contributed by atoms with Crippen LogP contribution >= 0.6 is 0 Å². The number of imidazole rings is 1. The van der Waals surface area contributed by atoms with E-state index in [1.54, 1.807) is 48.0 Å². The third kappa shape index (κ3) is 4.91. The second-order valence-corrected chi connectivity index (χ2v) is 9.40. The summed E-state index contributed by atoms with van der Waals surface area (Å²) in [4.78, 5) is 16.4. The Kier molecular flexibility index (Phi) is 6.33. The second kappa shape index (κ2) is 9.36. The maximum absolute atomic E-state index is 13.2. The number of anilines is 3. The Labute approximate surface area is 196 Å². The average molecular weight is 480 g/mol. The van der Waals surface area contributed by atoms with Gasteiger partial charge in [0.2, 0.25) is 0 Å². The summed E-state index contributed by atoms with van der Waals surface area (Å²) < 4.78 is 42.2. The summed E-state index contributed by atoms with van der Waals surface area (Å²) in [5, 5.41) is 5.27. The Morgan fingerprint density at radius 2 is 1.50 bits per heavy atom. The number of urea groups is 1. The number of sulfonamides is 1. The van der Waals surface area contributed by atoms with Gasteiger partial charge in [-0.05, 0) is 60.7 Å². The van der Waals surface area contributed by atoms with Crippen molar-refractivity contribution in [2.24, 2.45) is 7.05 Å². The molecule has 0 aliphatic heterocycles. The molecule has 0 unspecified atom stereocenters. The number of rotatable bonds is 6. The molecular formula is C24H22FN5O3S. The molecule has 2 N–H and O–H groups in total. The highest BCUT2D eigenvalue weighted by Gasteiger charge is 2.26. The number of aromatic nitrogens is 2. The fourth-order valence-electron chi connectivity index (χ4n) is 3.28. The van der Waals surface area contributed by atoms with Crippen LogP contribution in [0.5, 0.6) is 0 Å². The lowest BCUT2D eigenvalue weighted by Gasteiger charge is -2.18. The predicted octanol–water partition coefficient (Wildman–Crippen LogP) is 4.70. The van der Waals surface area contributed by atoms with E-state index in [0.29, 0.717) is 28.5 Å². The first-order chi connectivity index (χ1) is 16.2. The number of amides is 2. The van der Waals surface area contributed by atoms with Crippen LogP contribution in [0.15, 0.2) is 90.1 Å². The van der Waals surface area contributed by atoms with Crippen molar-refractivity contribution in [3.8, 4) is 11.4 Å². The van der Waals surface area contributed by atoms with Crippen LogP contribution in [0.2, 0.25) is 0 Å². The monoisotopic (exact) mass is 479 g/mol. The smallest absolute Gasteiger partial charge is 0.323 e. The highest BCUT2D eigenvalue weighted by molar-refractivity contribution is 7.92. The van der Waals surface area contributed by atoms with Crippen LogP contribution < -0.4 is 14.9 Å². The van der Waals surface area contributed by atoms with Crippen molar-refractivity contribution in [1.29, 1.82) is 0 Å². The molecule has 0 radical (unpaired) electrons. The van der Waals surface area contributed by atoms with E-state index in [0.717, 1.165) is 4.31 Å². The van der Waals surface area contributed by atoms with Gasteiger partial charge >= 0.3 is 6.03 Å². The summed E-state index contributed by atoms with van der Waals surface area (Å²) >= 11 is 0. The van der Waals surface area contributed by atoms with Gasteiger partial charge in [0, 0.05) is 37.2 Å². The number of aryl methyl sites for hydroxylation is 1. The fraction of sp³-hybridized carbons (Fsp3) is 0.0833. The molecule has 0 atom stereocenters. The van der Waals surface area contributed by atoms with Crippen LogP contribution in [-0.2, 0) is 17.1 Å². The van der Waals surface area contributed by atoms with Gasteiger partial charge in [-0.25, -0.2) is 14.2 Å². The van der Waals surface area contributed by atoms with Crippen molar-refractivity contribution in [2.75, 3.05) is 22.0 Å². The first-order valence-electron chi connectivity index (χ1n) is 10.3. The van der Waals surface area contributed by atoms with E-state index in [1.165, 1.54) is 37.5 Å². The molecule has 1 aromatic heterocycles. The molecule has 0 spiro atoms. The Morgan fingerprint density at radius 3 is 2.12 bits per heavy atom. The van der Waals surface area contributed by atoms with Crippen molar-refractivity contribution < 1.29 is 17.6 Å². The molecular weight excluding hydrogens is 457 g/mol. The maximum Gasteiger partial charge on any atom is 0.323 e. The lowest BCUT2D eigenvalue weighted by molar-refractivity contribution is 0.262. The van der Waals surface area contributed by atoms with Gasteiger partial charge in [-0.15, -0.1) is 0 Å². The van der Waals surface area contributed by atoms with Crippen LogP contribution in [0.1, 0.15) is 0 Å². The van der Waals surface area contributed by atoms with Gasteiger partial charge < -0.3 is 15.2 Å². The van der Waals surface area contributed by atoms with Gasteiger partial charge in [0.1, 0.15) is 11.6 Å². The van der Waals surface area contributed by atoms with E-state index in [2.05, 4.69) is 15.6 Å². The summed E-state index contributed by atoms with van der Waals surface area (Å²) in [5.41, 5.74) is 2.14. The van der Waals surface area contributed by atoms with E-state index in [1.807, 2.05) is 18.2 Å². The van der Waals surface area contributed by atoms with Gasteiger partial charge in [-0.3, -0.25) is 4.31 Å². The number of carbonyl (C=O) groups is 1. The molecule has 4 aromatic rings. The number of nitrogens with zero attached hydrogens (tertiary/aromatic N) is 3. The molecule has 3 aromatic carbocycles. The van der Waals surface area contributed by atoms with E-state index >= 15 is 0 Å². The third-order valence-electron chi connectivity index (χ3n) is 5.10. The Morgan fingerprint density at radius 1 is 0.912 bits per heavy atom. The number of hydrogen-bond acceptors (Lipinski definition) is 4. The minimum Gasteiger partial charge on any atom is -0.333 e. The summed E-state index contributed by atoms with van der Waals surface area (Å²) in [6, 6.07) is 20.6. The van der Waals surface area contributed by atoms with Crippen molar-refractivity contribution in [2.45, 2.75) is 5.03 Å². The van der Waals surface area contributed by atoms with Crippen LogP contribution in [0.25, 0.3) is 11.4 Å². The van der Waals surface area contributed by atoms with Crippen LogP contribution in [0.4, 0.5) is 26.2 Å². The summed E-state index contributed by atoms with van der Waals surface area (Å²) in [5.74, 6) is 0.0111. The number of halogens is 1. The lowest BCUT2D eigenvalue weighted by Crippen LogP contribution is -2.27. The quantitative estimate of drug-likeness (QED) is 0.419. The fourth-order valence-corrected chi connectivity index (χ4v) is 4.45. The van der Waals surface area contributed by atoms with Gasteiger partial charge in [-0.1, -0.05) is 18.2 Å². The normalized spacial score (nSPS) is 11.1. The largest absolute Gasteiger partial charge is 0.333 e. The van der Waals surface area contributed by atoms with E-state index in [4.69, 9.17) is 0 Å². The Hall–Kier alpha value is -4.18. The highest BCUT2D eigenvalue weighted by atomic mass is 32.2. The molecule has 0 saturated carbocycles. The average Bonchev–Trinajstić information content (AvgIpc) is 3.22. The van der Waals surface area contributed by atoms with E-state index in [9.17, 15) is 17.6 Å². The summed E-state index contributed by atoms with van der Waals surface area (Å²) in [6.07, 6.45) is 1.41. The molecule has 2 amide bonds. The zero-order chi connectivity index (χ0) is 24.3. The Bertz CT molecular complexity index is 1400. The van der Waals surface area contributed by atoms with Crippen molar-refractivity contribution in [1.82, 2.24) is 9.55 Å². The molecule has 1 heterocycles. The molecule has 0 fully saturated rings. The number of para-hydroxylation sites is 1. The van der Waals surface area contributed by atoms with E-state index < -0.39 is 16.1 Å². The molecule has 174 valence electrons. The predicted molar refractivity (Wildman–Crippen MR) is 130 cm³/mol. The lowest BCUT2D eigenvalue weighted by atomic mass is 10.2. The molecule has 10 heteroatoms. The third-order valence-corrected chi connectivity index (χ3v) is 6.76. The van der Waals surface area contributed by atoms with Crippen LogP contribution in [0, 0.1) is 5.82 Å². The van der Waals surface area contributed by atoms with Gasteiger partial charge in [0.05, 0.1) is 5.69 Å². The summed E-state index contributed by atoms with van der Waals surface area (Å²) in [6.45, 7) is 0. The van der Waals surface area contributed by atoms with Crippen LogP contribution in [0.3, 0.4) is 0 Å². The van der Waals surface area contributed by atoms with Crippen molar-refractivity contribution in [3.63, 3.8) is 0 Å². The zero-order valence-corrected chi connectivity index (χ0v) is 19.3. The van der Waals surface area contributed by atoms with Crippen molar-refractivity contribution >= 4 is 33.1 Å². The molecule has 0 bridgehead atoms. The van der Waals surface area contributed by atoms with Gasteiger partial charge in [0.25, 0.3) is 10.0 Å². The maximum atomic E-state index is 13.2.